The van der Waals surface area contributed by atoms with Gasteiger partial charge in [-0.15, -0.1) is 11.3 Å². The van der Waals surface area contributed by atoms with Crippen molar-refractivity contribution in [1.82, 2.24) is 0 Å². The van der Waals surface area contributed by atoms with Gasteiger partial charge in [-0.25, -0.2) is 0 Å². The lowest BCUT2D eigenvalue weighted by molar-refractivity contribution is 0.728. The summed E-state index contributed by atoms with van der Waals surface area (Å²) in [5.74, 6) is 0. The fourth-order valence-electron chi connectivity index (χ4n) is 1.74. The van der Waals surface area contributed by atoms with E-state index in [9.17, 15) is 0 Å². The summed E-state index contributed by atoms with van der Waals surface area (Å²) in [5, 5.41) is 2.84. The van der Waals surface area contributed by atoms with E-state index in [2.05, 4.69) is 21.3 Å². The Morgan fingerprint density at radius 3 is 2.82 bits per heavy atom. The summed E-state index contributed by atoms with van der Waals surface area (Å²) in [4.78, 5) is 1.26. The molecule has 1 heterocycles. The van der Waals surface area contributed by atoms with Crippen LogP contribution in [0, 0.1) is 6.92 Å². The molecule has 1 aromatic carbocycles. The van der Waals surface area contributed by atoms with Gasteiger partial charge in [0.1, 0.15) is 0 Å². The fourth-order valence-corrected chi connectivity index (χ4v) is 3.58. The minimum Gasteiger partial charge on any atom is -0.324 e. The van der Waals surface area contributed by atoms with Crippen molar-refractivity contribution in [3.8, 4) is 0 Å². The molecule has 0 aliphatic carbocycles. The van der Waals surface area contributed by atoms with Crippen LogP contribution in [0.15, 0.2) is 34.1 Å². The van der Waals surface area contributed by atoms with Gasteiger partial charge in [0, 0.05) is 26.8 Å². The highest BCUT2D eigenvalue weighted by Crippen LogP contribution is 2.31. The lowest BCUT2D eigenvalue weighted by Gasteiger charge is -2.14. The Morgan fingerprint density at radius 2 is 2.18 bits per heavy atom. The van der Waals surface area contributed by atoms with E-state index in [0.29, 0.717) is 0 Å². The third-order valence-electron chi connectivity index (χ3n) is 2.72. The number of halogens is 2. The molecule has 0 spiro atoms. The summed E-state index contributed by atoms with van der Waals surface area (Å²) < 4.78 is 1.13. The van der Waals surface area contributed by atoms with E-state index >= 15 is 0 Å². The minimum atomic E-state index is -0.0580. The van der Waals surface area contributed by atoms with Crippen LogP contribution in [0.1, 0.15) is 22.0 Å². The van der Waals surface area contributed by atoms with Crippen LogP contribution in [0.4, 0.5) is 0 Å². The summed E-state index contributed by atoms with van der Waals surface area (Å²) in [6.07, 6.45) is 0.807. The van der Waals surface area contributed by atoms with E-state index in [4.69, 9.17) is 17.3 Å². The third kappa shape index (κ3) is 2.91. The van der Waals surface area contributed by atoms with Gasteiger partial charge in [-0.2, -0.15) is 0 Å². The van der Waals surface area contributed by atoms with Crippen LogP contribution < -0.4 is 5.73 Å². The van der Waals surface area contributed by atoms with E-state index in [0.717, 1.165) is 27.0 Å². The molecule has 2 N–H and O–H groups in total. The smallest absolute Gasteiger partial charge is 0.0483 e. The molecule has 17 heavy (non-hydrogen) atoms. The second-order valence-electron chi connectivity index (χ2n) is 3.98. The van der Waals surface area contributed by atoms with Gasteiger partial charge in [0.15, 0.2) is 0 Å². The largest absolute Gasteiger partial charge is 0.324 e. The molecule has 0 amide bonds. The maximum absolute atomic E-state index is 6.28. The van der Waals surface area contributed by atoms with Crippen LogP contribution in [-0.4, -0.2) is 0 Å². The molecule has 0 fully saturated rings. The number of hydrogen-bond donors (Lipinski definition) is 1. The van der Waals surface area contributed by atoms with E-state index in [1.165, 1.54) is 4.88 Å². The Kier molecular flexibility index (Phi) is 4.26. The molecule has 1 unspecified atom stereocenters. The first-order chi connectivity index (χ1) is 8.09. The Morgan fingerprint density at radius 1 is 1.41 bits per heavy atom. The highest BCUT2D eigenvalue weighted by Gasteiger charge is 2.14. The van der Waals surface area contributed by atoms with Crippen molar-refractivity contribution in [2.24, 2.45) is 5.73 Å². The predicted octanol–water partition coefficient (Wildman–Crippen LogP) is 4.71. The number of nitrogens with two attached hydrogens (primary N) is 1. The number of hydrogen-bond acceptors (Lipinski definition) is 2. The molecule has 0 aliphatic rings. The minimum absolute atomic E-state index is 0.0580. The molecule has 1 atom stereocenters. The molecule has 0 radical (unpaired) electrons. The van der Waals surface area contributed by atoms with Gasteiger partial charge in [0.25, 0.3) is 0 Å². The van der Waals surface area contributed by atoms with Crippen molar-refractivity contribution in [2.45, 2.75) is 19.4 Å². The van der Waals surface area contributed by atoms with Crippen LogP contribution in [0.5, 0.6) is 0 Å². The molecule has 1 aromatic heterocycles. The Labute approximate surface area is 119 Å². The lowest BCUT2D eigenvalue weighted by atomic mass is 10.0. The van der Waals surface area contributed by atoms with Crippen LogP contribution in [-0.2, 0) is 6.42 Å². The van der Waals surface area contributed by atoms with Gasteiger partial charge >= 0.3 is 0 Å². The van der Waals surface area contributed by atoms with Gasteiger partial charge in [-0.05, 0) is 45.4 Å². The van der Waals surface area contributed by atoms with Crippen LogP contribution in [0.2, 0.25) is 5.02 Å². The Hall–Kier alpha value is -0.350. The van der Waals surface area contributed by atoms with Crippen molar-refractivity contribution >= 4 is 38.9 Å². The standard InChI is InChI=1S/C13H13BrClNS/c1-8-3-2-4-9(13(8)15)11(16)7-12-10(14)5-6-17-12/h2-6,11H,7,16H2,1H3. The lowest BCUT2D eigenvalue weighted by Crippen LogP contribution is -2.13. The van der Waals surface area contributed by atoms with Gasteiger partial charge in [-0.1, -0.05) is 29.8 Å². The summed E-state index contributed by atoms with van der Waals surface area (Å²) >= 11 is 11.5. The molecule has 0 bridgehead atoms. The average Bonchev–Trinajstić information content (AvgIpc) is 2.68. The van der Waals surface area contributed by atoms with E-state index in [1.807, 2.05) is 31.2 Å². The van der Waals surface area contributed by atoms with Crippen molar-refractivity contribution in [1.29, 1.82) is 0 Å². The molecule has 90 valence electrons. The number of thiophene rings is 1. The Balaban J connectivity index is 2.23. The third-order valence-corrected chi connectivity index (χ3v) is 5.18. The highest BCUT2D eigenvalue weighted by molar-refractivity contribution is 9.10. The summed E-state index contributed by atoms with van der Waals surface area (Å²) in [5.41, 5.74) is 8.32. The van der Waals surface area contributed by atoms with Crippen LogP contribution >= 0.6 is 38.9 Å². The topological polar surface area (TPSA) is 26.0 Å². The van der Waals surface area contributed by atoms with E-state index in [-0.39, 0.29) is 6.04 Å². The molecular weight excluding hydrogens is 318 g/mol. The maximum Gasteiger partial charge on any atom is 0.0483 e. The van der Waals surface area contributed by atoms with Crippen molar-refractivity contribution in [3.05, 3.63) is 55.1 Å². The van der Waals surface area contributed by atoms with E-state index in [1.54, 1.807) is 11.3 Å². The van der Waals surface area contributed by atoms with Gasteiger partial charge in [0.05, 0.1) is 0 Å². The molecule has 0 saturated heterocycles. The fraction of sp³-hybridized carbons (Fsp3) is 0.231. The predicted molar refractivity (Wildman–Crippen MR) is 78.8 cm³/mol. The molecule has 4 heteroatoms. The normalized spacial score (nSPS) is 12.7. The highest BCUT2D eigenvalue weighted by atomic mass is 79.9. The molecule has 0 aliphatic heterocycles. The van der Waals surface area contributed by atoms with Gasteiger partial charge in [-0.3, -0.25) is 0 Å². The number of rotatable bonds is 3. The zero-order chi connectivity index (χ0) is 12.4. The molecule has 2 aromatic rings. The van der Waals surface area contributed by atoms with Crippen molar-refractivity contribution in [2.75, 3.05) is 0 Å². The van der Waals surface area contributed by atoms with Crippen molar-refractivity contribution in [3.63, 3.8) is 0 Å². The zero-order valence-electron chi connectivity index (χ0n) is 9.41. The maximum atomic E-state index is 6.28. The molecular formula is C13H13BrClNS. The molecule has 1 nitrogen and oxygen atoms in total. The summed E-state index contributed by atoms with van der Waals surface area (Å²) in [6.45, 7) is 2.00. The zero-order valence-corrected chi connectivity index (χ0v) is 12.6. The SMILES string of the molecule is Cc1cccc(C(N)Cc2sccc2Br)c1Cl. The first-order valence-electron chi connectivity index (χ1n) is 5.32. The summed E-state index contributed by atoms with van der Waals surface area (Å²) in [6, 6.07) is 7.99. The van der Waals surface area contributed by atoms with Crippen molar-refractivity contribution < 1.29 is 0 Å². The second kappa shape index (κ2) is 5.53. The molecule has 2 rings (SSSR count). The number of aryl methyl sites for hydroxylation is 1. The van der Waals surface area contributed by atoms with Crippen LogP contribution in [0.25, 0.3) is 0 Å². The molecule has 0 saturated carbocycles. The first-order valence-corrected chi connectivity index (χ1v) is 7.37. The number of benzene rings is 1. The summed E-state index contributed by atoms with van der Waals surface area (Å²) in [7, 11) is 0. The quantitative estimate of drug-likeness (QED) is 0.866. The Bertz CT molecular complexity index is 524. The van der Waals surface area contributed by atoms with Crippen LogP contribution in [0.3, 0.4) is 0 Å². The first kappa shape index (κ1) is 13.1. The second-order valence-corrected chi connectivity index (χ2v) is 6.21. The van der Waals surface area contributed by atoms with E-state index < -0.39 is 0 Å². The average molecular weight is 331 g/mol. The van der Waals surface area contributed by atoms with Gasteiger partial charge < -0.3 is 5.73 Å². The van der Waals surface area contributed by atoms with Gasteiger partial charge in [0.2, 0.25) is 0 Å². The monoisotopic (exact) mass is 329 g/mol.